The van der Waals surface area contributed by atoms with Gasteiger partial charge in [0.1, 0.15) is 17.6 Å². The molecule has 1 unspecified atom stereocenters. The fourth-order valence-corrected chi connectivity index (χ4v) is 4.71. The molecular weight excluding hydrogens is 437 g/mol. The van der Waals surface area contributed by atoms with Gasteiger partial charge in [0.15, 0.2) is 5.76 Å². The van der Waals surface area contributed by atoms with Gasteiger partial charge in [0.2, 0.25) is 5.91 Å². The lowest BCUT2D eigenvalue weighted by atomic mass is 9.97. The standard InChI is InChI=1S/C26H24FN3O4/c1-15(2)13-22(30-24(31)18-5-3-4-6-19(18)25(30)32)26(33)29-12-11-20-21(14-29)28-34-23(20)16-7-9-17(27)10-8-16/h3-10,15,22H,11-14H2,1-2H3. The molecule has 0 fully saturated rings. The first-order chi connectivity index (χ1) is 16.3. The van der Waals surface area contributed by atoms with E-state index in [0.29, 0.717) is 42.0 Å². The molecule has 34 heavy (non-hydrogen) atoms. The summed E-state index contributed by atoms with van der Waals surface area (Å²) in [6.45, 7) is 4.54. The molecule has 2 aliphatic heterocycles. The smallest absolute Gasteiger partial charge is 0.262 e. The Labute approximate surface area is 196 Å². The number of fused-ring (bicyclic) bond motifs is 2. The van der Waals surface area contributed by atoms with Crippen molar-refractivity contribution in [3.05, 3.63) is 76.7 Å². The summed E-state index contributed by atoms with van der Waals surface area (Å²) < 4.78 is 18.8. The molecule has 3 amide bonds. The van der Waals surface area contributed by atoms with Crippen LogP contribution in [0.3, 0.4) is 0 Å². The van der Waals surface area contributed by atoms with Crippen LogP contribution in [0.2, 0.25) is 0 Å². The Bertz CT molecular complexity index is 1250. The van der Waals surface area contributed by atoms with Crippen LogP contribution >= 0.6 is 0 Å². The second-order valence-corrected chi connectivity index (χ2v) is 9.12. The Morgan fingerprint density at radius 3 is 2.32 bits per heavy atom. The van der Waals surface area contributed by atoms with Gasteiger partial charge in [-0.15, -0.1) is 0 Å². The Morgan fingerprint density at radius 2 is 1.71 bits per heavy atom. The van der Waals surface area contributed by atoms with Gasteiger partial charge < -0.3 is 9.42 Å². The molecule has 3 aromatic rings. The van der Waals surface area contributed by atoms with Gasteiger partial charge in [-0.1, -0.05) is 31.1 Å². The highest BCUT2D eigenvalue weighted by atomic mass is 19.1. The number of hydrogen-bond donors (Lipinski definition) is 0. The molecule has 3 heterocycles. The van der Waals surface area contributed by atoms with Crippen molar-refractivity contribution in [1.29, 1.82) is 0 Å². The highest BCUT2D eigenvalue weighted by molar-refractivity contribution is 6.22. The van der Waals surface area contributed by atoms with Crippen LogP contribution in [0.1, 0.15) is 52.2 Å². The van der Waals surface area contributed by atoms with Crippen molar-refractivity contribution in [2.45, 2.75) is 39.3 Å². The van der Waals surface area contributed by atoms with E-state index < -0.39 is 17.9 Å². The van der Waals surface area contributed by atoms with E-state index in [1.807, 2.05) is 13.8 Å². The zero-order chi connectivity index (χ0) is 24.0. The maximum absolute atomic E-state index is 13.7. The van der Waals surface area contributed by atoms with Gasteiger partial charge in [-0.25, -0.2) is 4.39 Å². The van der Waals surface area contributed by atoms with Crippen LogP contribution in [0.4, 0.5) is 4.39 Å². The molecule has 8 heteroatoms. The van der Waals surface area contributed by atoms with Gasteiger partial charge in [0.05, 0.1) is 17.7 Å². The minimum absolute atomic E-state index is 0.0933. The zero-order valence-corrected chi connectivity index (χ0v) is 19.0. The number of carbonyl (C=O) groups is 3. The van der Waals surface area contributed by atoms with E-state index in [2.05, 4.69) is 5.16 Å². The Morgan fingerprint density at radius 1 is 1.06 bits per heavy atom. The van der Waals surface area contributed by atoms with Crippen LogP contribution in [-0.4, -0.2) is 45.3 Å². The molecule has 0 saturated carbocycles. The van der Waals surface area contributed by atoms with E-state index in [4.69, 9.17) is 4.52 Å². The summed E-state index contributed by atoms with van der Waals surface area (Å²) in [6, 6.07) is 11.8. The van der Waals surface area contributed by atoms with Crippen molar-refractivity contribution in [3.63, 3.8) is 0 Å². The topological polar surface area (TPSA) is 83.7 Å². The Kier molecular flexibility index (Phi) is 5.51. The maximum atomic E-state index is 13.7. The van der Waals surface area contributed by atoms with E-state index in [9.17, 15) is 18.8 Å². The molecule has 0 aliphatic carbocycles. The second-order valence-electron chi connectivity index (χ2n) is 9.12. The average molecular weight is 461 g/mol. The normalized spacial score (nSPS) is 16.1. The fraction of sp³-hybridized carbons (Fsp3) is 0.308. The number of imide groups is 1. The van der Waals surface area contributed by atoms with Gasteiger partial charge in [0, 0.05) is 17.7 Å². The number of carbonyl (C=O) groups excluding carboxylic acids is 3. The highest BCUT2D eigenvalue weighted by Crippen LogP contribution is 2.32. The van der Waals surface area contributed by atoms with Gasteiger partial charge >= 0.3 is 0 Å². The third-order valence-corrected chi connectivity index (χ3v) is 6.38. The molecule has 0 saturated heterocycles. The molecule has 0 spiro atoms. The van der Waals surface area contributed by atoms with Crippen LogP contribution in [-0.2, 0) is 17.8 Å². The molecule has 2 aromatic carbocycles. The van der Waals surface area contributed by atoms with Crippen molar-refractivity contribution in [2.24, 2.45) is 5.92 Å². The molecule has 1 atom stereocenters. The van der Waals surface area contributed by atoms with E-state index in [0.717, 1.165) is 16.0 Å². The molecule has 1 aromatic heterocycles. The van der Waals surface area contributed by atoms with Gasteiger partial charge in [0.25, 0.3) is 11.8 Å². The van der Waals surface area contributed by atoms with E-state index in [-0.39, 0.29) is 24.2 Å². The average Bonchev–Trinajstić information content (AvgIpc) is 3.36. The summed E-state index contributed by atoms with van der Waals surface area (Å²) in [7, 11) is 0. The van der Waals surface area contributed by atoms with Crippen LogP contribution in [0.5, 0.6) is 0 Å². The molecule has 0 N–H and O–H groups in total. The number of hydrogen-bond acceptors (Lipinski definition) is 5. The predicted octanol–water partition coefficient (Wildman–Crippen LogP) is 4.08. The Balaban J connectivity index is 1.40. The third-order valence-electron chi connectivity index (χ3n) is 6.38. The number of rotatable bonds is 5. The molecule has 174 valence electrons. The summed E-state index contributed by atoms with van der Waals surface area (Å²) in [6.07, 6.45) is 0.876. The van der Waals surface area contributed by atoms with Gasteiger partial charge in [-0.05, 0) is 55.2 Å². The fourth-order valence-electron chi connectivity index (χ4n) is 4.71. The number of nitrogens with zero attached hydrogens (tertiary/aromatic N) is 3. The van der Waals surface area contributed by atoms with Gasteiger partial charge in [-0.3, -0.25) is 19.3 Å². The van der Waals surface area contributed by atoms with Crippen molar-refractivity contribution >= 4 is 17.7 Å². The number of halogens is 1. The predicted molar refractivity (Wildman–Crippen MR) is 121 cm³/mol. The van der Waals surface area contributed by atoms with Crippen molar-refractivity contribution in [3.8, 4) is 11.3 Å². The lowest BCUT2D eigenvalue weighted by Gasteiger charge is -2.33. The quantitative estimate of drug-likeness (QED) is 0.535. The number of amides is 3. The number of benzene rings is 2. The lowest BCUT2D eigenvalue weighted by Crippen LogP contribution is -2.52. The SMILES string of the molecule is CC(C)CC(C(=O)N1CCc2c(noc2-c2ccc(F)cc2)C1)N1C(=O)c2ccccc2C1=O. The molecule has 7 nitrogen and oxygen atoms in total. The molecule has 0 bridgehead atoms. The summed E-state index contributed by atoms with van der Waals surface area (Å²) in [5.41, 5.74) is 2.89. The first-order valence-electron chi connectivity index (χ1n) is 11.3. The lowest BCUT2D eigenvalue weighted by molar-refractivity contribution is -0.137. The minimum atomic E-state index is -0.891. The summed E-state index contributed by atoms with van der Waals surface area (Å²) in [4.78, 5) is 42.6. The summed E-state index contributed by atoms with van der Waals surface area (Å²) in [5.74, 6) is -0.815. The van der Waals surface area contributed by atoms with Crippen molar-refractivity contribution in [1.82, 2.24) is 15.0 Å². The highest BCUT2D eigenvalue weighted by Gasteiger charge is 2.44. The van der Waals surface area contributed by atoms with Crippen LogP contribution in [0.25, 0.3) is 11.3 Å². The zero-order valence-electron chi connectivity index (χ0n) is 19.0. The van der Waals surface area contributed by atoms with Gasteiger partial charge in [-0.2, -0.15) is 0 Å². The first-order valence-corrected chi connectivity index (χ1v) is 11.3. The monoisotopic (exact) mass is 461 g/mol. The maximum Gasteiger partial charge on any atom is 0.262 e. The third kappa shape index (κ3) is 3.69. The Hall–Kier alpha value is -3.81. The minimum Gasteiger partial charge on any atom is -0.356 e. The van der Waals surface area contributed by atoms with E-state index in [1.54, 1.807) is 41.3 Å². The summed E-state index contributed by atoms with van der Waals surface area (Å²) >= 11 is 0. The molecular formula is C26H24FN3O4. The molecule has 2 aliphatic rings. The van der Waals surface area contributed by atoms with Crippen LogP contribution < -0.4 is 0 Å². The largest absolute Gasteiger partial charge is 0.356 e. The second kappa shape index (κ2) is 8.52. The van der Waals surface area contributed by atoms with Crippen molar-refractivity contribution in [2.75, 3.05) is 6.54 Å². The van der Waals surface area contributed by atoms with E-state index in [1.165, 1.54) is 12.1 Å². The van der Waals surface area contributed by atoms with Crippen LogP contribution in [0, 0.1) is 11.7 Å². The van der Waals surface area contributed by atoms with Crippen LogP contribution in [0.15, 0.2) is 53.1 Å². The number of aromatic nitrogens is 1. The molecule has 5 rings (SSSR count). The summed E-state index contributed by atoms with van der Waals surface area (Å²) in [5, 5.41) is 4.16. The molecule has 0 radical (unpaired) electrons. The van der Waals surface area contributed by atoms with Crippen molar-refractivity contribution < 1.29 is 23.3 Å². The van der Waals surface area contributed by atoms with E-state index >= 15 is 0 Å². The first kappa shape index (κ1) is 22.0.